The number of benzene rings is 1. The molecule has 3 nitrogen and oxygen atoms in total. The van der Waals surface area contributed by atoms with Crippen molar-refractivity contribution in [2.75, 3.05) is 30.4 Å². The molecule has 0 amide bonds. The van der Waals surface area contributed by atoms with E-state index in [0.29, 0.717) is 5.11 Å². The highest BCUT2D eigenvalue weighted by Crippen LogP contribution is 2.24. The third-order valence-corrected chi connectivity index (χ3v) is 3.81. The summed E-state index contributed by atoms with van der Waals surface area (Å²) in [5.41, 5.74) is 2.34. The molecule has 0 unspecified atom stereocenters. The smallest absolute Gasteiger partial charge is 0.170 e. The Bertz CT molecular complexity index is 394. The van der Waals surface area contributed by atoms with Gasteiger partial charge in [-0.15, -0.1) is 0 Å². The Kier molecular flexibility index (Phi) is 4.42. The van der Waals surface area contributed by atoms with E-state index in [9.17, 15) is 0 Å². The third-order valence-electron chi connectivity index (χ3n) is 3.50. The SMILES string of the molecule is CNC(=S)Nc1ccc(N2CCC(C)CC2)cc1. The van der Waals surface area contributed by atoms with Crippen LogP contribution in [0.15, 0.2) is 24.3 Å². The molecule has 1 aromatic rings. The molecule has 0 radical (unpaired) electrons. The van der Waals surface area contributed by atoms with Crippen LogP contribution < -0.4 is 15.5 Å². The minimum atomic E-state index is 0.648. The molecule has 2 rings (SSSR count). The first kappa shape index (κ1) is 13.1. The predicted octanol–water partition coefficient (Wildman–Crippen LogP) is 2.84. The van der Waals surface area contributed by atoms with Crippen LogP contribution in [-0.4, -0.2) is 25.2 Å². The lowest BCUT2D eigenvalue weighted by atomic mass is 9.99. The molecule has 1 aliphatic heterocycles. The Morgan fingerprint density at radius 3 is 2.39 bits per heavy atom. The normalized spacial score (nSPS) is 16.4. The van der Waals surface area contributed by atoms with Gasteiger partial charge in [0.05, 0.1) is 0 Å². The monoisotopic (exact) mass is 263 g/mol. The van der Waals surface area contributed by atoms with Gasteiger partial charge in [0, 0.05) is 31.5 Å². The molecule has 0 atom stereocenters. The van der Waals surface area contributed by atoms with Crippen molar-refractivity contribution in [2.24, 2.45) is 5.92 Å². The average molecular weight is 263 g/mol. The minimum absolute atomic E-state index is 0.648. The lowest BCUT2D eigenvalue weighted by molar-refractivity contribution is 0.438. The van der Waals surface area contributed by atoms with Crippen LogP contribution in [-0.2, 0) is 0 Å². The number of anilines is 2. The van der Waals surface area contributed by atoms with Gasteiger partial charge in [-0.1, -0.05) is 6.92 Å². The molecule has 98 valence electrons. The summed E-state index contributed by atoms with van der Waals surface area (Å²) < 4.78 is 0. The van der Waals surface area contributed by atoms with Crippen LogP contribution >= 0.6 is 12.2 Å². The molecule has 0 spiro atoms. The van der Waals surface area contributed by atoms with E-state index in [1.165, 1.54) is 31.6 Å². The molecule has 2 N–H and O–H groups in total. The van der Waals surface area contributed by atoms with E-state index in [2.05, 4.69) is 46.7 Å². The van der Waals surface area contributed by atoms with Gasteiger partial charge in [0.15, 0.2) is 5.11 Å². The fraction of sp³-hybridized carbons (Fsp3) is 0.500. The van der Waals surface area contributed by atoms with Crippen molar-refractivity contribution in [3.8, 4) is 0 Å². The number of piperidine rings is 1. The van der Waals surface area contributed by atoms with E-state index in [4.69, 9.17) is 12.2 Å². The van der Waals surface area contributed by atoms with Crippen molar-refractivity contribution >= 4 is 28.7 Å². The standard InChI is InChI=1S/C14H21N3S/c1-11-7-9-17(10-8-11)13-5-3-12(4-6-13)16-14(18)15-2/h3-6,11H,7-10H2,1-2H3,(H2,15,16,18). The summed E-state index contributed by atoms with van der Waals surface area (Å²) in [6.45, 7) is 4.68. The second-order valence-electron chi connectivity index (χ2n) is 4.92. The Balaban J connectivity index is 1.97. The molecular formula is C14H21N3S. The van der Waals surface area contributed by atoms with Gasteiger partial charge in [-0.25, -0.2) is 0 Å². The first-order valence-electron chi connectivity index (χ1n) is 6.53. The molecule has 1 heterocycles. The second-order valence-corrected chi connectivity index (χ2v) is 5.33. The van der Waals surface area contributed by atoms with Gasteiger partial charge in [-0.05, 0) is 55.2 Å². The minimum Gasteiger partial charge on any atom is -0.372 e. The van der Waals surface area contributed by atoms with E-state index in [1.807, 2.05) is 7.05 Å². The summed E-state index contributed by atoms with van der Waals surface area (Å²) >= 11 is 5.08. The maximum absolute atomic E-state index is 5.08. The topological polar surface area (TPSA) is 27.3 Å². The molecule has 1 aliphatic rings. The zero-order valence-electron chi connectivity index (χ0n) is 11.1. The van der Waals surface area contributed by atoms with Crippen LogP contribution in [0, 0.1) is 5.92 Å². The van der Waals surface area contributed by atoms with Crippen molar-refractivity contribution in [1.29, 1.82) is 0 Å². The molecule has 18 heavy (non-hydrogen) atoms. The van der Waals surface area contributed by atoms with E-state index in [1.54, 1.807) is 0 Å². The van der Waals surface area contributed by atoms with Crippen LogP contribution in [0.2, 0.25) is 0 Å². The van der Waals surface area contributed by atoms with Crippen LogP contribution in [0.5, 0.6) is 0 Å². The largest absolute Gasteiger partial charge is 0.372 e. The average Bonchev–Trinajstić information content (AvgIpc) is 2.40. The Hall–Kier alpha value is -1.29. The molecule has 1 saturated heterocycles. The fourth-order valence-corrected chi connectivity index (χ4v) is 2.33. The zero-order chi connectivity index (χ0) is 13.0. The number of hydrogen-bond acceptors (Lipinski definition) is 2. The summed E-state index contributed by atoms with van der Waals surface area (Å²) in [7, 11) is 1.82. The van der Waals surface area contributed by atoms with Gasteiger partial charge in [0.1, 0.15) is 0 Å². The molecule has 4 heteroatoms. The highest BCUT2D eigenvalue weighted by atomic mass is 32.1. The summed E-state index contributed by atoms with van der Waals surface area (Å²) in [5, 5.41) is 6.68. The van der Waals surface area contributed by atoms with Gasteiger partial charge < -0.3 is 15.5 Å². The summed E-state index contributed by atoms with van der Waals surface area (Å²) in [5.74, 6) is 0.871. The Morgan fingerprint density at radius 2 is 1.83 bits per heavy atom. The fourth-order valence-electron chi connectivity index (χ4n) is 2.22. The molecule has 1 aromatic carbocycles. The lowest BCUT2D eigenvalue weighted by Crippen LogP contribution is -2.32. The number of hydrogen-bond donors (Lipinski definition) is 2. The van der Waals surface area contributed by atoms with Crippen molar-refractivity contribution < 1.29 is 0 Å². The lowest BCUT2D eigenvalue weighted by Gasteiger charge is -2.32. The molecule has 1 fully saturated rings. The number of thiocarbonyl (C=S) groups is 1. The van der Waals surface area contributed by atoms with Gasteiger partial charge in [0.2, 0.25) is 0 Å². The predicted molar refractivity (Wildman–Crippen MR) is 82.3 cm³/mol. The zero-order valence-corrected chi connectivity index (χ0v) is 11.9. The van der Waals surface area contributed by atoms with Gasteiger partial charge >= 0.3 is 0 Å². The van der Waals surface area contributed by atoms with Gasteiger partial charge in [-0.2, -0.15) is 0 Å². The van der Waals surface area contributed by atoms with E-state index < -0.39 is 0 Å². The van der Waals surface area contributed by atoms with Crippen molar-refractivity contribution in [3.05, 3.63) is 24.3 Å². The van der Waals surface area contributed by atoms with Crippen LogP contribution in [0.1, 0.15) is 19.8 Å². The van der Waals surface area contributed by atoms with E-state index >= 15 is 0 Å². The van der Waals surface area contributed by atoms with Crippen molar-refractivity contribution in [3.63, 3.8) is 0 Å². The summed E-state index contributed by atoms with van der Waals surface area (Å²) in [4.78, 5) is 2.46. The second kappa shape index (κ2) is 6.05. The van der Waals surface area contributed by atoms with E-state index in [-0.39, 0.29) is 0 Å². The Morgan fingerprint density at radius 1 is 1.22 bits per heavy atom. The molecule has 0 aliphatic carbocycles. The number of nitrogens with zero attached hydrogens (tertiary/aromatic N) is 1. The highest BCUT2D eigenvalue weighted by molar-refractivity contribution is 7.80. The quantitative estimate of drug-likeness (QED) is 0.802. The molecule has 0 saturated carbocycles. The summed E-state index contributed by atoms with van der Waals surface area (Å²) in [6.07, 6.45) is 2.59. The molecule has 0 aromatic heterocycles. The van der Waals surface area contributed by atoms with Gasteiger partial charge in [0.25, 0.3) is 0 Å². The highest BCUT2D eigenvalue weighted by Gasteiger charge is 2.15. The first-order valence-corrected chi connectivity index (χ1v) is 6.93. The van der Waals surface area contributed by atoms with Crippen molar-refractivity contribution in [2.45, 2.75) is 19.8 Å². The van der Waals surface area contributed by atoms with E-state index in [0.717, 1.165) is 11.6 Å². The molecule has 0 bridgehead atoms. The van der Waals surface area contributed by atoms with Crippen LogP contribution in [0.4, 0.5) is 11.4 Å². The summed E-state index contributed by atoms with van der Waals surface area (Å²) in [6, 6.07) is 8.49. The maximum atomic E-state index is 5.08. The van der Waals surface area contributed by atoms with Crippen LogP contribution in [0.3, 0.4) is 0 Å². The number of nitrogens with one attached hydrogen (secondary N) is 2. The Labute approximate surface area is 115 Å². The van der Waals surface area contributed by atoms with Gasteiger partial charge in [-0.3, -0.25) is 0 Å². The number of rotatable bonds is 2. The van der Waals surface area contributed by atoms with Crippen molar-refractivity contribution in [1.82, 2.24) is 5.32 Å². The molecular weight excluding hydrogens is 242 g/mol. The first-order chi connectivity index (χ1) is 8.69. The van der Waals surface area contributed by atoms with Crippen LogP contribution in [0.25, 0.3) is 0 Å². The maximum Gasteiger partial charge on any atom is 0.170 e. The third kappa shape index (κ3) is 3.35.